The van der Waals surface area contributed by atoms with Crippen LogP contribution in [-0.2, 0) is 27.5 Å². The minimum Gasteiger partial charge on any atom is -0.356 e. The number of carbonyl (C=O) groups excluding carboxylic acids is 1. The number of rotatable bonds is 7. The molecule has 2 heterocycles. The fourth-order valence-corrected chi connectivity index (χ4v) is 4.06. The highest BCUT2D eigenvalue weighted by Gasteiger charge is 2.33. The number of benzene rings is 1. The standard InChI is InChI=1S/C22H21F4N5O3S/c1-35(33,34)30-20-16(12-27)10-14(11-17(20)23)13-28-19(32)7-5-15-4-6-18(22(24,25)26)29-21(15)31-8-2-3-9-31/h4-7,10-11,30H,2-3,8-9,13H2,1H3,(H,28,32)/b7-5+. The van der Waals surface area contributed by atoms with E-state index in [0.29, 0.717) is 18.7 Å². The highest BCUT2D eigenvalue weighted by molar-refractivity contribution is 7.92. The Labute approximate surface area is 199 Å². The Balaban J connectivity index is 1.75. The monoisotopic (exact) mass is 511 g/mol. The smallest absolute Gasteiger partial charge is 0.356 e. The minimum atomic E-state index is -4.60. The molecular weight excluding hydrogens is 490 g/mol. The average molecular weight is 512 g/mol. The molecule has 2 aromatic rings. The Bertz CT molecular complexity index is 1300. The minimum absolute atomic E-state index is 0.135. The van der Waals surface area contributed by atoms with Crippen molar-refractivity contribution in [2.75, 3.05) is 29.0 Å². The first-order chi connectivity index (χ1) is 16.4. The van der Waals surface area contributed by atoms with Crippen molar-refractivity contribution < 1.29 is 30.8 Å². The lowest BCUT2D eigenvalue weighted by Gasteiger charge is -2.20. The van der Waals surface area contributed by atoms with Gasteiger partial charge >= 0.3 is 6.18 Å². The van der Waals surface area contributed by atoms with Gasteiger partial charge in [0.2, 0.25) is 15.9 Å². The zero-order valence-corrected chi connectivity index (χ0v) is 19.3. The Morgan fingerprint density at radius 2 is 1.94 bits per heavy atom. The summed E-state index contributed by atoms with van der Waals surface area (Å²) in [7, 11) is -3.82. The Morgan fingerprint density at radius 1 is 1.26 bits per heavy atom. The number of pyridine rings is 1. The number of nitrogens with zero attached hydrogens (tertiary/aromatic N) is 3. The number of carbonyl (C=O) groups is 1. The lowest BCUT2D eigenvalue weighted by molar-refractivity contribution is -0.141. The fraction of sp³-hybridized carbons (Fsp3) is 0.318. The van der Waals surface area contributed by atoms with Gasteiger partial charge in [-0.05, 0) is 48.7 Å². The number of hydrogen-bond acceptors (Lipinski definition) is 6. The molecule has 8 nitrogen and oxygen atoms in total. The number of alkyl halides is 3. The zero-order chi connectivity index (χ0) is 25.8. The lowest BCUT2D eigenvalue weighted by atomic mass is 10.1. The van der Waals surface area contributed by atoms with Crippen LogP contribution in [0.25, 0.3) is 6.08 Å². The van der Waals surface area contributed by atoms with Crippen LogP contribution in [0.2, 0.25) is 0 Å². The van der Waals surface area contributed by atoms with E-state index in [2.05, 4.69) is 10.3 Å². The molecular formula is C22H21F4N5O3S. The molecule has 0 saturated carbocycles. The molecule has 0 unspecified atom stereocenters. The van der Waals surface area contributed by atoms with E-state index in [1.165, 1.54) is 18.2 Å². The molecule has 1 amide bonds. The Kier molecular flexibility index (Phi) is 7.64. The molecule has 13 heteroatoms. The SMILES string of the molecule is CS(=O)(=O)Nc1c(F)cc(CNC(=O)/C=C/c2ccc(C(F)(F)F)nc2N2CCCC2)cc1C#N. The second-order valence-corrected chi connectivity index (χ2v) is 9.59. The van der Waals surface area contributed by atoms with Crippen molar-refractivity contribution in [2.24, 2.45) is 0 Å². The molecule has 0 atom stereocenters. The zero-order valence-electron chi connectivity index (χ0n) is 18.5. The summed E-state index contributed by atoms with van der Waals surface area (Å²) in [5.41, 5.74) is -1.24. The van der Waals surface area contributed by atoms with E-state index >= 15 is 0 Å². The molecule has 0 spiro atoms. The van der Waals surface area contributed by atoms with Crippen molar-refractivity contribution >= 4 is 33.5 Å². The van der Waals surface area contributed by atoms with Crippen molar-refractivity contribution in [3.05, 3.63) is 58.5 Å². The number of nitriles is 1. The van der Waals surface area contributed by atoms with Crippen LogP contribution in [0.15, 0.2) is 30.3 Å². The normalized spacial score (nSPS) is 14.2. The first-order valence-corrected chi connectivity index (χ1v) is 12.3. The second-order valence-electron chi connectivity index (χ2n) is 7.84. The first-order valence-electron chi connectivity index (χ1n) is 10.4. The van der Waals surface area contributed by atoms with E-state index in [9.17, 15) is 36.0 Å². The van der Waals surface area contributed by atoms with Gasteiger partial charge in [0.15, 0.2) is 0 Å². The van der Waals surface area contributed by atoms with Crippen molar-refractivity contribution in [2.45, 2.75) is 25.6 Å². The molecule has 2 N–H and O–H groups in total. The number of anilines is 2. The molecule has 1 aromatic heterocycles. The Hall–Kier alpha value is -3.66. The Morgan fingerprint density at radius 3 is 2.54 bits per heavy atom. The van der Waals surface area contributed by atoms with E-state index in [0.717, 1.165) is 37.3 Å². The van der Waals surface area contributed by atoms with E-state index < -0.39 is 39.3 Å². The number of aromatic nitrogens is 1. The summed E-state index contributed by atoms with van der Waals surface area (Å²) in [6, 6.07) is 5.99. The maximum absolute atomic E-state index is 14.3. The summed E-state index contributed by atoms with van der Waals surface area (Å²) >= 11 is 0. The maximum Gasteiger partial charge on any atom is 0.433 e. The topological polar surface area (TPSA) is 115 Å². The maximum atomic E-state index is 14.3. The van der Waals surface area contributed by atoms with E-state index in [4.69, 9.17) is 0 Å². The van der Waals surface area contributed by atoms with Crippen LogP contribution in [0.5, 0.6) is 0 Å². The van der Waals surface area contributed by atoms with Gasteiger partial charge < -0.3 is 10.2 Å². The predicted molar refractivity (Wildman–Crippen MR) is 121 cm³/mol. The van der Waals surface area contributed by atoms with Crippen LogP contribution >= 0.6 is 0 Å². The van der Waals surface area contributed by atoms with Crippen LogP contribution < -0.4 is 14.9 Å². The molecule has 3 rings (SSSR count). The van der Waals surface area contributed by atoms with Crippen LogP contribution in [0.1, 0.15) is 35.2 Å². The number of nitrogens with one attached hydrogen (secondary N) is 2. The molecule has 1 aromatic carbocycles. The van der Waals surface area contributed by atoms with Gasteiger partial charge in [-0.15, -0.1) is 0 Å². The highest BCUT2D eigenvalue weighted by atomic mass is 32.2. The lowest BCUT2D eigenvalue weighted by Crippen LogP contribution is -2.22. The second kappa shape index (κ2) is 10.3. The van der Waals surface area contributed by atoms with Crippen LogP contribution in [0.4, 0.5) is 29.1 Å². The molecule has 1 aliphatic heterocycles. The van der Waals surface area contributed by atoms with Gasteiger partial charge in [0.1, 0.15) is 29.1 Å². The van der Waals surface area contributed by atoms with Gasteiger partial charge in [-0.1, -0.05) is 0 Å². The van der Waals surface area contributed by atoms with Gasteiger partial charge in [0.05, 0.1) is 11.8 Å². The molecule has 35 heavy (non-hydrogen) atoms. The number of halogens is 4. The third-order valence-corrected chi connectivity index (χ3v) is 5.62. The van der Waals surface area contributed by atoms with Gasteiger partial charge in [0.25, 0.3) is 0 Å². The molecule has 0 bridgehead atoms. The number of hydrogen-bond donors (Lipinski definition) is 2. The molecule has 186 valence electrons. The van der Waals surface area contributed by atoms with Gasteiger partial charge in [-0.3, -0.25) is 9.52 Å². The molecule has 0 aliphatic carbocycles. The third kappa shape index (κ3) is 6.92. The van der Waals surface area contributed by atoms with Crippen LogP contribution in [-0.4, -0.2) is 38.7 Å². The van der Waals surface area contributed by atoms with E-state index in [-0.39, 0.29) is 23.5 Å². The predicted octanol–water partition coefficient (Wildman–Crippen LogP) is 3.41. The van der Waals surface area contributed by atoms with Gasteiger partial charge in [0, 0.05) is 31.3 Å². The third-order valence-electron chi connectivity index (χ3n) is 5.04. The molecule has 1 saturated heterocycles. The van der Waals surface area contributed by atoms with Crippen molar-refractivity contribution in [1.82, 2.24) is 10.3 Å². The quantitative estimate of drug-likeness (QED) is 0.435. The summed E-state index contributed by atoms with van der Waals surface area (Å²) in [6.45, 7) is 0.925. The van der Waals surface area contributed by atoms with E-state index in [1.807, 2.05) is 4.72 Å². The van der Waals surface area contributed by atoms with Crippen LogP contribution in [0.3, 0.4) is 0 Å². The summed E-state index contributed by atoms with van der Waals surface area (Å²) in [6.07, 6.45) is 0.317. The summed E-state index contributed by atoms with van der Waals surface area (Å²) in [5.74, 6) is -1.47. The number of sulfonamides is 1. The average Bonchev–Trinajstić information content (AvgIpc) is 3.31. The molecule has 0 radical (unpaired) electrons. The van der Waals surface area contributed by atoms with Crippen LogP contribution in [0, 0.1) is 17.1 Å². The first kappa shape index (κ1) is 26.0. The van der Waals surface area contributed by atoms with Gasteiger partial charge in [-0.25, -0.2) is 17.8 Å². The summed E-state index contributed by atoms with van der Waals surface area (Å²) in [5, 5.41) is 11.7. The van der Waals surface area contributed by atoms with Crippen molar-refractivity contribution in [1.29, 1.82) is 5.26 Å². The van der Waals surface area contributed by atoms with E-state index in [1.54, 1.807) is 11.0 Å². The van der Waals surface area contributed by atoms with Crippen molar-refractivity contribution in [3.63, 3.8) is 0 Å². The number of amides is 1. The summed E-state index contributed by atoms with van der Waals surface area (Å²) in [4.78, 5) is 17.8. The largest absolute Gasteiger partial charge is 0.433 e. The summed E-state index contributed by atoms with van der Waals surface area (Å²) < 4.78 is 78.3. The molecule has 1 fully saturated rings. The molecule has 1 aliphatic rings. The fourth-order valence-electron chi connectivity index (χ4n) is 3.49. The van der Waals surface area contributed by atoms with Crippen molar-refractivity contribution in [3.8, 4) is 6.07 Å². The highest BCUT2D eigenvalue weighted by Crippen LogP contribution is 2.32. The van der Waals surface area contributed by atoms with Gasteiger partial charge in [-0.2, -0.15) is 18.4 Å².